The third-order valence-electron chi connectivity index (χ3n) is 2.99. The number of nitrogens with zero attached hydrogens (tertiary/aromatic N) is 3. The molecule has 0 atom stereocenters. The van der Waals surface area contributed by atoms with Crippen LogP contribution in [0.1, 0.15) is 29.5 Å². The summed E-state index contributed by atoms with van der Waals surface area (Å²) in [7, 11) is 0. The lowest BCUT2D eigenvalue weighted by molar-refractivity contribution is 0.0938. The fourth-order valence-electron chi connectivity index (χ4n) is 1.91. The molecule has 0 spiro atoms. The predicted octanol–water partition coefficient (Wildman–Crippen LogP) is 2.39. The van der Waals surface area contributed by atoms with E-state index in [1.807, 2.05) is 19.1 Å². The highest BCUT2D eigenvalue weighted by atomic mass is 35.5. The first-order valence-corrected chi connectivity index (χ1v) is 7.55. The zero-order valence-electron chi connectivity index (χ0n) is 12.7. The monoisotopic (exact) mass is 322 g/mol. The van der Waals surface area contributed by atoms with Crippen LogP contribution in [0.15, 0.2) is 24.3 Å². The summed E-state index contributed by atoms with van der Waals surface area (Å²) in [5, 5.41) is 11.9. The molecule has 2 aromatic rings. The number of hydrogen-bond acceptors (Lipinski definition) is 4. The Morgan fingerprint density at radius 3 is 2.95 bits per heavy atom. The van der Waals surface area contributed by atoms with Crippen molar-refractivity contribution in [1.29, 1.82) is 0 Å². The molecule has 1 heterocycles. The summed E-state index contributed by atoms with van der Waals surface area (Å²) < 4.78 is 5.22. The molecule has 2 rings (SSSR count). The van der Waals surface area contributed by atoms with Crippen LogP contribution in [0.5, 0.6) is 0 Å². The van der Waals surface area contributed by atoms with E-state index in [-0.39, 0.29) is 5.91 Å². The standard InChI is InChI=1S/C15H19ClN4O2/c1-3-22-9-5-8-17-15(21)14-11(2)18-20(19-14)13-7-4-6-12(16)10-13/h4,6-7,10H,3,5,8-9H2,1-2H3,(H,17,21). The van der Waals surface area contributed by atoms with Gasteiger partial charge >= 0.3 is 0 Å². The van der Waals surface area contributed by atoms with Crippen molar-refractivity contribution in [2.24, 2.45) is 0 Å². The zero-order chi connectivity index (χ0) is 15.9. The molecular weight excluding hydrogens is 304 g/mol. The van der Waals surface area contributed by atoms with Crippen LogP contribution in [-0.4, -0.2) is 40.7 Å². The summed E-state index contributed by atoms with van der Waals surface area (Å²) in [5.41, 5.74) is 1.60. The van der Waals surface area contributed by atoms with E-state index < -0.39 is 0 Å². The van der Waals surface area contributed by atoms with E-state index in [0.717, 1.165) is 6.42 Å². The second kappa shape index (κ2) is 7.91. The largest absolute Gasteiger partial charge is 0.382 e. The Morgan fingerprint density at radius 2 is 2.23 bits per heavy atom. The lowest BCUT2D eigenvalue weighted by Crippen LogP contribution is -2.26. The van der Waals surface area contributed by atoms with E-state index in [1.54, 1.807) is 19.1 Å². The van der Waals surface area contributed by atoms with Gasteiger partial charge < -0.3 is 10.1 Å². The van der Waals surface area contributed by atoms with Crippen LogP contribution in [0.2, 0.25) is 5.02 Å². The number of aromatic nitrogens is 3. The smallest absolute Gasteiger partial charge is 0.273 e. The lowest BCUT2D eigenvalue weighted by Gasteiger charge is -2.03. The molecule has 0 aliphatic carbocycles. The molecule has 0 radical (unpaired) electrons. The molecule has 0 unspecified atom stereocenters. The molecule has 0 bridgehead atoms. The Balaban J connectivity index is 2.02. The summed E-state index contributed by atoms with van der Waals surface area (Å²) in [6.45, 7) is 5.55. The van der Waals surface area contributed by atoms with E-state index in [1.165, 1.54) is 4.80 Å². The Bertz CT molecular complexity index is 642. The quantitative estimate of drug-likeness (QED) is 0.795. The maximum absolute atomic E-state index is 12.1. The number of nitrogens with one attached hydrogen (secondary N) is 1. The second-order valence-corrected chi connectivity index (χ2v) is 5.15. The number of rotatable bonds is 7. The van der Waals surface area contributed by atoms with Gasteiger partial charge in [-0.3, -0.25) is 4.79 Å². The van der Waals surface area contributed by atoms with Crippen LogP contribution in [0.25, 0.3) is 5.69 Å². The number of halogens is 1. The van der Waals surface area contributed by atoms with Gasteiger partial charge in [-0.15, -0.1) is 5.10 Å². The average molecular weight is 323 g/mol. The Labute approximate surface area is 134 Å². The van der Waals surface area contributed by atoms with Crippen LogP contribution in [0, 0.1) is 6.92 Å². The highest BCUT2D eigenvalue weighted by molar-refractivity contribution is 6.30. The van der Waals surface area contributed by atoms with Crippen LogP contribution in [-0.2, 0) is 4.74 Å². The van der Waals surface area contributed by atoms with Crippen molar-refractivity contribution in [3.63, 3.8) is 0 Å². The molecule has 1 aromatic carbocycles. The summed E-state index contributed by atoms with van der Waals surface area (Å²) in [6, 6.07) is 7.15. The van der Waals surface area contributed by atoms with Crippen molar-refractivity contribution in [3.8, 4) is 5.69 Å². The Morgan fingerprint density at radius 1 is 1.41 bits per heavy atom. The topological polar surface area (TPSA) is 69.0 Å². The Hall–Kier alpha value is -1.92. The fourth-order valence-corrected chi connectivity index (χ4v) is 2.09. The van der Waals surface area contributed by atoms with Crippen molar-refractivity contribution in [1.82, 2.24) is 20.3 Å². The van der Waals surface area contributed by atoms with Crippen LogP contribution in [0.3, 0.4) is 0 Å². The highest BCUT2D eigenvalue weighted by Crippen LogP contribution is 2.14. The molecule has 1 amide bonds. The van der Waals surface area contributed by atoms with Crippen molar-refractivity contribution in [2.75, 3.05) is 19.8 Å². The number of amides is 1. The molecular formula is C15H19ClN4O2. The van der Waals surface area contributed by atoms with E-state index in [4.69, 9.17) is 16.3 Å². The predicted molar refractivity (Wildman–Crippen MR) is 84.5 cm³/mol. The minimum absolute atomic E-state index is 0.234. The molecule has 0 aliphatic rings. The summed E-state index contributed by atoms with van der Waals surface area (Å²) >= 11 is 5.95. The van der Waals surface area contributed by atoms with Crippen molar-refractivity contribution in [3.05, 3.63) is 40.7 Å². The number of aryl methyl sites for hydroxylation is 1. The van der Waals surface area contributed by atoms with Gasteiger partial charge in [0, 0.05) is 24.8 Å². The first kappa shape index (κ1) is 16.5. The molecule has 0 saturated carbocycles. The van der Waals surface area contributed by atoms with E-state index >= 15 is 0 Å². The zero-order valence-corrected chi connectivity index (χ0v) is 13.4. The normalized spacial score (nSPS) is 10.7. The van der Waals surface area contributed by atoms with Gasteiger partial charge in [0.2, 0.25) is 0 Å². The number of carbonyl (C=O) groups is 1. The summed E-state index contributed by atoms with van der Waals surface area (Å²) in [6.07, 6.45) is 0.765. The van der Waals surface area contributed by atoms with Crippen LogP contribution in [0.4, 0.5) is 0 Å². The summed E-state index contributed by atoms with van der Waals surface area (Å²) in [5.74, 6) is -0.234. The SMILES string of the molecule is CCOCCCNC(=O)c1nn(-c2cccc(Cl)c2)nc1C. The average Bonchev–Trinajstić information content (AvgIpc) is 2.89. The lowest BCUT2D eigenvalue weighted by atomic mass is 10.3. The van der Waals surface area contributed by atoms with Crippen molar-refractivity contribution < 1.29 is 9.53 Å². The number of hydrogen-bond donors (Lipinski definition) is 1. The third kappa shape index (κ3) is 4.29. The van der Waals surface area contributed by atoms with Gasteiger partial charge in [-0.1, -0.05) is 17.7 Å². The molecule has 0 saturated heterocycles. The van der Waals surface area contributed by atoms with E-state index in [0.29, 0.717) is 41.9 Å². The van der Waals surface area contributed by atoms with Gasteiger partial charge in [0.15, 0.2) is 5.69 Å². The van der Waals surface area contributed by atoms with Crippen LogP contribution < -0.4 is 5.32 Å². The molecule has 6 nitrogen and oxygen atoms in total. The van der Waals surface area contributed by atoms with E-state index in [2.05, 4.69) is 15.5 Å². The van der Waals surface area contributed by atoms with Gasteiger partial charge in [0.25, 0.3) is 5.91 Å². The van der Waals surface area contributed by atoms with Crippen molar-refractivity contribution in [2.45, 2.75) is 20.3 Å². The molecule has 1 N–H and O–H groups in total. The van der Waals surface area contributed by atoms with Crippen LogP contribution >= 0.6 is 11.6 Å². The first-order chi connectivity index (χ1) is 10.6. The fraction of sp³-hybridized carbons (Fsp3) is 0.400. The number of benzene rings is 1. The number of carbonyl (C=O) groups excluding carboxylic acids is 1. The van der Waals surface area contributed by atoms with E-state index in [9.17, 15) is 4.79 Å². The second-order valence-electron chi connectivity index (χ2n) is 4.71. The minimum Gasteiger partial charge on any atom is -0.382 e. The number of ether oxygens (including phenoxy) is 1. The highest BCUT2D eigenvalue weighted by Gasteiger charge is 2.15. The molecule has 0 aliphatic heterocycles. The van der Waals surface area contributed by atoms with Crippen molar-refractivity contribution >= 4 is 17.5 Å². The molecule has 22 heavy (non-hydrogen) atoms. The van der Waals surface area contributed by atoms with Gasteiger partial charge in [-0.25, -0.2) is 0 Å². The van der Waals surface area contributed by atoms with Gasteiger partial charge in [-0.2, -0.15) is 9.90 Å². The molecule has 7 heteroatoms. The van der Waals surface area contributed by atoms with Gasteiger partial charge in [0.05, 0.1) is 11.4 Å². The molecule has 1 aromatic heterocycles. The minimum atomic E-state index is -0.234. The maximum atomic E-state index is 12.1. The summed E-state index contributed by atoms with van der Waals surface area (Å²) in [4.78, 5) is 13.5. The molecule has 0 fully saturated rings. The maximum Gasteiger partial charge on any atom is 0.273 e. The third-order valence-corrected chi connectivity index (χ3v) is 3.23. The Kier molecular flexibility index (Phi) is 5.91. The van der Waals surface area contributed by atoms with Gasteiger partial charge in [0.1, 0.15) is 0 Å². The van der Waals surface area contributed by atoms with Gasteiger partial charge in [-0.05, 0) is 38.5 Å². The first-order valence-electron chi connectivity index (χ1n) is 7.17. The molecule has 118 valence electrons.